The molecule has 23 heavy (non-hydrogen) atoms. The number of hydrogen-bond donors (Lipinski definition) is 0. The lowest BCUT2D eigenvalue weighted by Gasteiger charge is -2.07. The lowest BCUT2D eigenvalue weighted by molar-refractivity contribution is 0.626. The molecular formula is C17H11FN4S. The van der Waals surface area contributed by atoms with Crippen molar-refractivity contribution >= 4 is 17.5 Å². The van der Waals surface area contributed by atoms with Crippen LogP contribution in [-0.2, 0) is 0 Å². The Hall–Kier alpha value is -2.73. The average molecular weight is 322 g/mol. The predicted octanol–water partition coefficient (Wildman–Crippen LogP) is 4.08. The topological polar surface area (TPSA) is 43.1 Å². The number of hydrogen-bond acceptors (Lipinski definition) is 4. The van der Waals surface area contributed by atoms with E-state index in [4.69, 9.17) is 0 Å². The molecule has 0 aliphatic carbocycles. The van der Waals surface area contributed by atoms with Crippen LogP contribution in [0.2, 0.25) is 0 Å². The van der Waals surface area contributed by atoms with Crippen LogP contribution in [0.5, 0.6) is 0 Å². The van der Waals surface area contributed by atoms with Crippen LogP contribution < -0.4 is 0 Å². The van der Waals surface area contributed by atoms with Crippen LogP contribution >= 0.6 is 11.8 Å². The van der Waals surface area contributed by atoms with E-state index in [-0.39, 0.29) is 5.82 Å². The van der Waals surface area contributed by atoms with Crippen molar-refractivity contribution in [2.45, 2.75) is 9.92 Å². The Kier molecular flexibility index (Phi) is 3.51. The monoisotopic (exact) mass is 322 g/mol. The van der Waals surface area contributed by atoms with Gasteiger partial charge in [0.25, 0.3) is 5.78 Å². The Labute approximate surface area is 136 Å². The summed E-state index contributed by atoms with van der Waals surface area (Å²) in [6.45, 7) is 0. The summed E-state index contributed by atoms with van der Waals surface area (Å²) in [5.41, 5.74) is 1.84. The van der Waals surface area contributed by atoms with E-state index in [1.54, 1.807) is 16.6 Å². The highest BCUT2D eigenvalue weighted by atomic mass is 32.2. The molecule has 112 valence electrons. The number of halogens is 1. The van der Waals surface area contributed by atoms with E-state index >= 15 is 0 Å². The zero-order chi connectivity index (χ0) is 15.6. The second-order valence-corrected chi connectivity index (χ2v) is 5.97. The fraction of sp³-hybridized carbons (Fsp3) is 0. The molecule has 0 unspecified atom stereocenters. The van der Waals surface area contributed by atoms with Crippen molar-refractivity contribution < 1.29 is 4.39 Å². The highest BCUT2D eigenvalue weighted by Gasteiger charge is 2.10. The lowest BCUT2D eigenvalue weighted by atomic mass is 10.1. The Morgan fingerprint density at radius 1 is 0.957 bits per heavy atom. The molecule has 0 atom stereocenters. The Morgan fingerprint density at radius 3 is 2.52 bits per heavy atom. The van der Waals surface area contributed by atoms with E-state index < -0.39 is 0 Å². The fourth-order valence-corrected chi connectivity index (χ4v) is 3.14. The number of nitrogens with zero attached hydrogens (tertiary/aromatic N) is 4. The third-order valence-corrected chi connectivity index (χ3v) is 4.33. The standard InChI is InChI=1S/C17H11FN4S/c18-13-6-8-14(9-7-13)23-16-10-15(12-4-2-1-3-5-12)21-17-19-11-20-22(16)17/h1-11H. The molecule has 0 N–H and O–H groups in total. The van der Waals surface area contributed by atoms with Gasteiger partial charge in [0, 0.05) is 10.5 Å². The minimum Gasteiger partial charge on any atom is -0.211 e. The van der Waals surface area contributed by atoms with Gasteiger partial charge in [0.15, 0.2) is 0 Å². The SMILES string of the molecule is Fc1ccc(Sc2cc(-c3ccccc3)nc3ncnn23)cc1. The normalized spacial score (nSPS) is 11.0. The highest BCUT2D eigenvalue weighted by Crippen LogP contribution is 2.30. The Balaban J connectivity index is 1.81. The maximum absolute atomic E-state index is 13.1. The predicted molar refractivity (Wildman–Crippen MR) is 86.7 cm³/mol. The summed E-state index contributed by atoms with van der Waals surface area (Å²) in [5, 5.41) is 5.09. The first-order chi connectivity index (χ1) is 11.3. The van der Waals surface area contributed by atoms with Crippen LogP contribution in [0.4, 0.5) is 4.39 Å². The van der Waals surface area contributed by atoms with Crippen LogP contribution in [0, 0.1) is 5.82 Å². The van der Waals surface area contributed by atoms with Crippen molar-refractivity contribution in [3.05, 3.63) is 72.8 Å². The Morgan fingerprint density at radius 2 is 1.74 bits per heavy atom. The summed E-state index contributed by atoms with van der Waals surface area (Å²) < 4.78 is 14.7. The van der Waals surface area contributed by atoms with Gasteiger partial charge in [0.2, 0.25) is 0 Å². The summed E-state index contributed by atoms with van der Waals surface area (Å²) in [5.74, 6) is 0.288. The molecule has 6 heteroatoms. The van der Waals surface area contributed by atoms with Gasteiger partial charge in [-0.1, -0.05) is 42.1 Å². The third kappa shape index (κ3) is 2.80. The van der Waals surface area contributed by atoms with Gasteiger partial charge in [-0.3, -0.25) is 0 Å². The van der Waals surface area contributed by atoms with Crippen LogP contribution in [0.25, 0.3) is 17.0 Å². The van der Waals surface area contributed by atoms with Gasteiger partial charge in [-0.05, 0) is 30.3 Å². The molecule has 0 saturated carbocycles. The number of rotatable bonds is 3. The summed E-state index contributed by atoms with van der Waals surface area (Å²) >= 11 is 1.49. The van der Waals surface area contributed by atoms with Gasteiger partial charge in [-0.25, -0.2) is 9.37 Å². The molecule has 0 spiro atoms. The van der Waals surface area contributed by atoms with E-state index in [1.165, 1.54) is 30.2 Å². The minimum atomic E-state index is -0.250. The number of aromatic nitrogens is 4. The van der Waals surface area contributed by atoms with Crippen LogP contribution in [0.1, 0.15) is 0 Å². The van der Waals surface area contributed by atoms with Gasteiger partial charge >= 0.3 is 0 Å². The van der Waals surface area contributed by atoms with Crippen molar-refractivity contribution in [2.24, 2.45) is 0 Å². The molecule has 0 bridgehead atoms. The summed E-state index contributed by atoms with van der Waals surface area (Å²) in [7, 11) is 0. The smallest absolute Gasteiger partial charge is 0.211 e. The molecular weight excluding hydrogens is 311 g/mol. The maximum atomic E-state index is 13.1. The molecule has 4 aromatic rings. The summed E-state index contributed by atoms with van der Waals surface area (Å²) in [4.78, 5) is 9.65. The fourth-order valence-electron chi connectivity index (χ4n) is 2.24. The van der Waals surface area contributed by atoms with E-state index in [2.05, 4.69) is 15.1 Å². The average Bonchev–Trinajstić information content (AvgIpc) is 3.06. The van der Waals surface area contributed by atoms with Crippen LogP contribution in [0.3, 0.4) is 0 Å². The Bertz CT molecular complexity index is 951. The van der Waals surface area contributed by atoms with Gasteiger partial charge in [-0.15, -0.1) is 0 Å². The van der Waals surface area contributed by atoms with Gasteiger partial charge < -0.3 is 0 Å². The molecule has 2 aromatic heterocycles. The van der Waals surface area contributed by atoms with Crippen LogP contribution in [-0.4, -0.2) is 19.6 Å². The lowest BCUT2D eigenvalue weighted by Crippen LogP contribution is -1.97. The van der Waals surface area contributed by atoms with Gasteiger partial charge in [-0.2, -0.15) is 14.6 Å². The summed E-state index contributed by atoms with van der Waals surface area (Å²) in [6.07, 6.45) is 1.48. The van der Waals surface area contributed by atoms with Crippen molar-refractivity contribution in [3.63, 3.8) is 0 Å². The number of fused-ring (bicyclic) bond motifs is 1. The number of benzene rings is 2. The van der Waals surface area contributed by atoms with E-state index in [0.29, 0.717) is 5.78 Å². The molecule has 0 amide bonds. The maximum Gasteiger partial charge on any atom is 0.253 e. The molecule has 0 aliphatic heterocycles. The molecule has 4 nitrogen and oxygen atoms in total. The third-order valence-electron chi connectivity index (χ3n) is 3.32. The highest BCUT2D eigenvalue weighted by molar-refractivity contribution is 7.99. The second-order valence-electron chi connectivity index (χ2n) is 4.87. The largest absolute Gasteiger partial charge is 0.253 e. The zero-order valence-electron chi connectivity index (χ0n) is 11.9. The van der Waals surface area contributed by atoms with E-state index in [0.717, 1.165) is 21.2 Å². The molecule has 2 aromatic carbocycles. The molecule has 0 fully saturated rings. The molecule has 4 rings (SSSR count). The van der Waals surface area contributed by atoms with Crippen molar-refractivity contribution in [1.82, 2.24) is 19.6 Å². The van der Waals surface area contributed by atoms with E-state index in [9.17, 15) is 4.39 Å². The first kappa shape index (κ1) is 13.9. The second kappa shape index (κ2) is 5.81. The van der Waals surface area contributed by atoms with Gasteiger partial charge in [0.1, 0.15) is 17.2 Å². The summed E-state index contributed by atoms with van der Waals surface area (Å²) in [6, 6.07) is 18.2. The van der Waals surface area contributed by atoms with Crippen LogP contribution in [0.15, 0.2) is 76.9 Å². The van der Waals surface area contributed by atoms with Crippen molar-refractivity contribution in [3.8, 4) is 11.3 Å². The van der Waals surface area contributed by atoms with Gasteiger partial charge in [0.05, 0.1) is 5.69 Å². The zero-order valence-corrected chi connectivity index (χ0v) is 12.7. The van der Waals surface area contributed by atoms with Crippen molar-refractivity contribution in [1.29, 1.82) is 0 Å². The first-order valence-corrected chi connectivity index (χ1v) is 7.81. The van der Waals surface area contributed by atoms with E-state index in [1.807, 2.05) is 36.4 Å². The molecule has 0 saturated heterocycles. The van der Waals surface area contributed by atoms with Crippen molar-refractivity contribution in [2.75, 3.05) is 0 Å². The molecule has 2 heterocycles. The first-order valence-electron chi connectivity index (χ1n) is 6.99. The molecule has 0 radical (unpaired) electrons. The minimum absolute atomic E-state index is 0.250. The quantitative estimate of drug-likeness (QED) is 0.533. The molecule has 0 aliphatic rings.